The van der Waals surface area contributed by atoms with Gasteiger partial charge in [-0.15, -0.1) is 0 Å². The van der Waals surface area contributed by atoms with Gasteiger partial charge < -0.3 is 5.32 Å². The molecule has 96 valence electrons. The van der Waals surface area contributed by atoms with Gasteiger partial charge in [-0.2, -0.15) is 18.3 Å². The Bertz CT molecular complexity index is 411. The van der Waals surface area contributed by atoms with Crippen molar-refractivity contribution < 1.29 is 18.0 Å². The Morgan fingerprint density at radius 2 is 2.18 bits per heavy atom. The van der Waals surface area contributed by atoms with Crippen LogP contribution in [0, 0.1) is 6.92 Å². The quantitative estimate of drug-likeness (QED) is 0.889. The molecule has 0 fully saturated rings. The number of halogens is 3. The van der Waals surface area contributed by atoms with E-state index in [9.17, 15) is 18.0 Å². The van der Waals surface area contributed by atoms with Crippen molar-refractivity contribution in [2.45, 2.75) is 33.0 Å². The van der Waals surface area contributed by atoms with Gasteiger partial charge in [0.15, 0.2) is 5.69 Å². The number of amides is 1. The van der Waals surface area contributed by atoms with Crippen molar-refractivity contribution >= 4 is 5.91 Å². The zero-order chi connectivity index (χ0) is 13.2. The van der Waals surface area contributed by atoms with Crippen LogP contribution in [0.5, 0.6) is 0 Å². The molecule has 1 rings (SSSR count). The largest absolute Gasteiger partial charge is 0.435 e. The number of carbonyl (C=O) groups excluding carboxylic acids is 1. The molecule has 7 heteroatoms. The van der Waals surface area contributed by atoms with Crippen molar-refractivity contribution in [3.63, 3.8) is 0 Å². The minimum atomic E-state index is -4.49. The summed E-state index contributed by atoms with van der Waals surface area (Å²) in [6.07, 6.45) is -4.49. The molecule has 0 saturated heterocycles. The number of hydrogen-bond acceptors (Lipinski definition) is 2. The Morgan fingerprint density at radius 3 is 2.59 bits per heavy atom. The van der Waals surface area contributed by atoms with Crippen molar-refractivity contribution in [1.29, 1.82) is 0 Å². The van der Waals surface area contributed by atoms with Crippen molar-refractivity contribution in [3.05, 3.63) is 17.5 Å². The average molecular weight is 249 g/mol. The molecule has 1 heterocycles. The van der Waals surface area contributed by atoms with Gasteiger partial charge in [-0.1, -0.05) is 0 Å². The second kappa shape index (κ2) is 4.77. The maximum atomic E-state index is 12.4. The average Bonchev–Trinajstić information content (AvgIpc) is 2.59. The summed E-state index contributed by atoms with van der Waals surface area (Å²) in [5.41, 5.74) is -0.678. The van der Waals surface area contributed by atoms with E-state index in [4.69, 9.17) is 0 Å². The van der Waals surface area contributed by atoms with E-state index in [1.165, 1.54) is 13.8 Å². The van der Waals surface area contributed by atoms with Crippen molar-refractivity contribution in [2.24, 2.45) is 0 Å². The Balaban J connectivity index is 2.99. The second-order valence-corrected chi connectivity index (χ2v) is 3.68. The summed E-state index contributed by atoms with van der Waals surface area (Å²) >= 11 is 0. The first-order valence-electron chi connectivity index (χ1n) is 5.18. The van der Waals surface area contributed by atoms with Crippen LogP contribution >= 0.6 is 0 Å². The summed E-state index contributed by atoms with van der Waals surface area (Å²) in [6, 6.07) is 0.168. The molecule has 0 aliphatic rings. The molecule has 1 aromatic rings. The van der Waals surface area contributed by atoms with Crippen LogP contribution in [-0.2, 0) is 11.0 Å². The Morgan fingerprint density at radius 1 is 1.59 bits per heavy atom. The molecule has 0 aliphatic heterocycles. The van der Waals surface area contributed by atoms with Crippen molar-refractivity contribution in [1.82, 2.24) is 15.1 Å². The van der Waals surface area contributed by atoms with E-state index in [0.29, 0.717) is 12.2 Å². The summed E-state index contributed by atoms with van der Waals surface area (Å²) in [7, 11) is 0. The lowest BCUT2D eigenvalue weighted by molar-refractivity contribution is -0.142. The molecule has 1 aromatic heterocycles. The first-order valence-corrected chi connectivity index (χ1v) is 5.18. The summed E-state index contributed by atoms with van der Waals surface area (Å²) in [5, 5.41) is 5.95. The predicted octanol–water partition coefficient (Wildman–Crippen LogP) is 1.91. The minimum Gasteiger partial charge on any atom is -0.355 e. The third kappa shape index (κ3) is 2.98. The van der Waals surface area contributed by atoms with Gasteiger partial charge in [0.2, 0.25) is 5.91 Å². The second-order valence-electron chi connectivity index (χ2n) is 3.68. The molecule has 0 radical (unpaired) electrons. The van der Waals surface area contributed by atoms with Gasteiger partial charge in [0.1, 0.15) is 6.04 Å². The number of carbonyl (C=O) groups is 1. The van der Waals surface area contributed by atoms with Gasteiger partial charge in [-0.25, -0.2) is 0 Å². The Hall–Kier alpha value is -1.53. The standard InChI is InChI=1S/C10H14F3N3O/c1-4-14-9(17)7(3)16-6(2)5-8(15-16)10(11,12)13/h5,7H,4H2,1-3H3,(H,14,17). The van der Waals surface area contributed by atoms with Gasteiger partial charge in [0, 0.05) is 12.2 Å². The molecule has 17 heavy (non-hydrogen) atoms. The number of alkyl halides is 3. The highest BCUT2D eigenvalue weighted by molar-refractivity contribution is 5.79. The minimum absolute atomic E-state index is 0.302. The molecule has 4 nitrogen and oxygen atoms in total. The Labute approximate surface area is 96.8 Å². The van der Waals surface area contributed by atoms with Crippen LogP contribution in [0.25, 0.3) is 0 Å². The number of rotatable bonds is 3. The third-order valence-electron chi connectivity index (χ3n) is 2.31. The molecule has 1 N–H and O–H groups in total. The molecule has 0 saturated carbocycles. The van der Waals surface area contributed by atoms with Crippen molar-refractivity contribution in [3.8, 4) is 0 Å². The van der Waals surface area contributed by atoms with E-state index in [2.05, 4.69) is 10.4 Å². The number of nitrogens with one attached hydrogen (secondary N) is 1. The smallest absolute Gasteiger partial charge is 0.355 e. The first kappa shape index (κ1) is 13.5. The normalized spacial score (nSPS) is 13.5. The summed E-state index contributed by atoms with van der Waals surface area (Å²) in [4.78, 5) is 11.5. The fourth-order valence-corrected chi connectivity index (χ4v) is 1.45. The van der Waals surface area contributed by atoms with Gasteiger partial charge in [-0.05, 0) is 26.8 Å². The highest BCUT2D eigenvalue weighted by Gasteiger charge is 2.35. The van der Waals surface area contributed by atoms with E-state index >= 15 is 0 Å². The fraction of sp³-hybridized carbons (Fsp3) is 0.600. The third-order valence-corrected chi connectivity index (χ3v) is 2.31. The maximum absolute atomic E-state index is 12.4. The molecule has 1 unspecified atom stereocenters. The van der Waals surface area contributed by atoms with Gasteiger partial charge >= 0.3 is 6.18 Å². The van der Waals surface area contributed by atoms with Gasteiger partial charge in [-0.3, -0.25) is 9.48 Å². The molecular formula is C10H14F3N3O. The summed E-state index contributed by atoms with van der Waals surface area (Å²) in [5.74, 6) is -0.354. The first-order chi connectivity index (χ1) is 7.77. The van der Waals surface area contributed by atoms with Crippen LogP contribution in [0.1, 0.15) is 31.3 Å². The molecule has 0 aliphatic carbocycles. The fourth-order valence-electron chi connectivity index (χ4n) is 1.45. The topological polar surface area (TPSA) is 46.9 Å². The van der Waals surface area contributed by atoms with Crippen LogP contribution in [-0.4, -0.2) is 22.2 Å². The van der Waals surface area contributed by atoms with E-state index in [1.807, 2.05) is 0 Å². The zero-order valence-electron chi connectivity index (χ0n) is 9.80. The predicted molar refractivity (Wildman–Crippen MR) is 55.4 cm³/mol. The van der Waals surface area contributed by atoms with Crippen LogP contribution < -0.4 is 5.32 Å². The summed E-state index contributed by atoms with van der Waals surface area (Å²) in [6.45, 7) is 5.15. The lowest BCUT2D eigenvalue weighted by atomic mass is 10.3. The molecule has 1 amide bonds. The molecule has 1 atom stereocenters. The number of likely N-dealkylation sites (N-methyl/N-ethyl adjacent to an activating group) is 1. The lowest BCUT2D eigenvalue weighted by Crippen LogP contribution is -2.31. The molecule has 0 bridgehead atoms. The number of hydrogen-bond donors (Lipinski definition) is 1. The van der Waals surface area contributed by atoms with Gasteiger partial charge in [0.05, 0.1) is 0 Å². The van der Waals surface area contributed by atoms with Crippen molar-refractivity contribution in [2.75, 3.05) is 6.54 Å². The maximum Gasteiger partial charge on any atom is 0.435 e. The van der Waals surface area contributed by atoms with Gasteiger partial charge in [0.25, 0.3) is 0 Å². The molecule has 0 spiro atoms. The SMILES string of the molecule is CCNC(=O)C(C)n1nc(C(F)(F)F)cc1C. The van der Waals surface area contributed by atoms with Crippen LogP contribution in [0.2, 0.25) is 0 Å². The van der Waals surface area contributed by atoms with E-state index < -0.39 is 17.9 Å². The van der Waals surface area contributed by atoms with Crippen LogP contribution in [0.3, 0.4) is 0 Å². The van der Waals surface area contributed by atoms with Crippen LogP contribution in [0.4, 0.5) is 13.2 Å². The Kier molecular flexibility index (Phi) is 3.79. The lowest BCUT2D eigenvalue weighted by Gasteiger charge is -2.13. The van der Waals surface area contributed by atoms with E-state index in [-0.39, 0.29) is 5.91 Å². The zero-order valence-corrected chi connectivity index (χ0v) is 9.80. The van der Waals surface area contributed by atoms with Crippen LogP contribution in [0.15, 0.2) is 6.07 Å². The van der Waals surface area contributed by atoms with E-state index in [1.54, 1.807) is 6.92 Å². The molecular weight excluding hydrogens is 235 g/mol. The monoisotopic (exact) mass is 249 g/mol. The van der Waals surface area contributed by atoms with E-state index in [0.717, 1.165) is 10.7 Å². The number of nitrogens with zero attached hydrogens (tertiary/aromatic N) is 2. The number of aryl methyl sites for hydroxylation is 1. The summed E-state index contributed by atoms with van der Waals surface area (Å²) < 4.78 is 38.3. The molecule has 0 aromatic carbocycles. The highest BCUT2D eigenvalue weighted by atomic mass is 19.4. The number of aromatic nitrogens is 2. The highest BCUT2D eigenvalue weighted by Crippen LogP contribution is 2.29.